The number of hydrogen-bond acceptors (Lipinski definition) is 5. The molecule has 0 atom stereocenters. The second-order valence-electron chi connectivity index (χ2n) is 4.73. The van der Waals surface area contributed by atoms with Crippen LogP contribution >= 0.6 is 11.8 Å². The number of nitrogens with zero attached hydrogens (tertiary/aromatic N) is 3. The summed E-state index contributed by atoms with van der Waals surface area (Å²) in [5.74, 6) is 0.0950. The summed E-state index contributed by atoms with van der Waals surface area (Å²) in [6.45, 7) is 5.71. The van der Waals surface area contributed by atoms with Crippen molar-refractivity contribution >= 4 is 23.3 Å². The van der Waals surface area contributed by atoms with E-state index < -0.39 is 0 Å². The van der Waals surface area contributed by atoms with Gasteiger partial charge >= 0.3 is 5.69 Å². The molecule has 7 heteroatoms. The zero-order chi connectivity index (χ0) is 14.7. The third kappa shape index (κ3) is 3.57. The molecular formula is C13H16N4O2S. The van der Waals surface area contributed by atoms with Crippen molar-refractivity contribution in [1.82, 2.24) is 19.7 Å². The molecule has 6 nitrogen and oxygen atoms in total. The molecule has 0 aromatic carbocycles. The van der Waals surface area contributed by atoms with E-state index in [2.05, 4.69) is 15.3 Å². The van der Waals surface area contributed by atoms with Crippen LogP contribution in [0.2, 0.25) is 0 Å². The second kappa shape index (κ2) is 6.04. The Bertz CT molecular complexity index is 696. The van der Waals surface area contributed by atoms with E-state index in [4.69, 9.17) is 0 Å². The van der Waals surface area contributed by atoms with Gasteiger partial charge in [0.1, 0.15) is 5.65 Å². The van der Waals surface area contributed by atoms with Crippen molar-refractivity contribution in [3.63, 3.8) is 0 Å². The van der Waals surface area contributed by atoms with Gasteiger partial charge < -0.3 is 5.32 Å². The van der Waals surface area contributed by atoms with Gasteiger partial charge in [-0.15, -0.1) is 0 Å². The predicted molar refractivity (Wildman–Crippen MR) is 78.0 cm³/mol. The summed E-state index contributed by atoms with van der Waals surface area (Å²) in [6, 6.07) is 3.72. The van der Waals surface area contributed by atoms with Crippen LogP contribution in [0.15, 0.2) is 28.3 Å². The van der Waals surface area contributed by atoms with E-state index in [1.807, 2.05) is 26.8 Å². The van der Waals surface area contributed by atoms with E-state index in [1.54, 1.807) is 12.3 Å². The number of aromatic nitrogens is 3. The van der Waals surface area contributed by atoms with Gasteiger partial charge in [-0.05, 0) is 38.5 Å². The monoisotopic (exact) mass is 292 g/mol. The molecule has 1 amide bonds. The fourth-order valence-corrected chi connectivity index (χ4v) is 2.30. The minimum absolute atomic E-state index is 0.0916. The summed E-state index contributed by atoms with van der Waals surface area (Å²) >= 11 is 1.16. The van der Waals surface area contributed by atoms with Crippen LogP contribution in [0.4, 0.5) is 0 Å². The van der Waals surface area contributed by atoms with E-state index in [9.17, 15) is 9.59 Å². The molecule has 0 saturated carbocycles. The number of thioether (sulfide) groups is 1. The molecule has 2 aromatic rings. The fraction of sp³-hybridized carbons (Fsp3) is 0.385. The number of fused-ring (bicyclic) bond motifs is 1. The molecule has 0 aliphatic carbocycles. The summed E-state index contributed by atoms with van der Waals surface area (Å²) in [5.41, 5.74) is 1.16. The maximum absolute atomic E-state index is 11.8. The Labute approximate surface area is 120 Å². The largest absolute Gasteiger partial charge is 0.355 e. The summed E-state index contributed by atoms with van der Waals surface area (Å²) in [6.07, 6.45) is 1.65. The Morgan fingerprint density at radius 3 is 2.90 bits per heavy atom. The lowest BCUT2D eigenvalue weighted by molar-refractivity contribution is -0.119. The number of pyridine rings is 1. The van der Waals surface area contributed by atoms with Crippen LogP contribution in [0, 0.1) is 6.92 Å². The van der Waals surface area contributed by atoms with Gasteiger partial charge in [-0.1, -0.05) is 11.8 Å². The Balaban J connectivity index is 2.19. The van der Waals surface area contributed by atoms with Gasteiger partial charge in [0.25, 0.3) is 0 Å². The van der Waals surface area contributed by atoms with Crippen LogP contribution in [0.25, 0.3) is 5.65 Å². The highest BCUT2D eigenvalue weighted by molar-refractivity contribution is 7.99. The van der Waals surface area contributed by atoms with E-state index in [-0.39, 0.29) is 23.4 Å². The highest BCUT2D eigenvalue weighted by Crippen LogP contribution is 2.12. The first-order chi connectivity index (χ1) is 9.45. The number of amides is 1. The van der Waals surface area contributed by atoms with Gasteiger partial charge in [0.05, 0.1) is 5.75 Å². The molecule has 0 aliphatic rings. The van der Waals surface area contributed by atoms with Crippen molar-refractivity contribution in [1.29, 1.82) is 0 Å². The van der Waals surface area contributed by atoms with Crippen molar-refractivity contribution in [2.75, 3.05) is 5.75 Å². The van der Waals surface area contributed by atoms with Crippen molar-refractivity contribution in [2.24, 2.45) is 0 Å². The summed E-state index contributed by atoms with van der Waals surface area (Å²) in [5, 5.41) is 3.09. The molecule has 0 aliphatic heterocycles. The average Bonchev–Trinajstić information content (AvgIpc) is 2.35. The number of rotatable bonds is 4. The molecule has 2 aromatic heterocycles. The molecule has 2 rings (SSSR count). The van der Waals surface area contributed by atoms with E-state index >= 15 is 0 Å². The quantitative estimate of drug-likeness (QED) is 0.851. The standard InChI is InChI=1S/C13H16N4O2S/c1-8(2)14-11(18)7-20-12-15-10-6-9(3)4-5-17(10)13(19)16-12/h4-6,8H,7H2,1-3H3,(H,14,18). The summed E-state index contributed by atoms with van der Waals surface area (Å²) in [7, 11) is 0. The predicted octanol–water partition coefficient (Wildman–Crippen LogP) is 1.01. The summed E-state index contributed by atoms with van der Waals surface area (Å²) in [4.78, 5) is 31.5. The van der Waals surface area contributed by atoms with Crippen LogP contribution in [0.1, 0.15) is 19.4 Å². The third-order valence-corrected chi connectivity index (χ3v) is 3.33. The SMILES string of the molecule is Cc1ccn2c(=O)nc(SCC(=O)NC(C)C)nc2c1. The normalized spacial score (nSPS) is 11.0. The van der Waals surface area contributed by atoms with Gasteiger partial charge in [-0.3, -0.25) is 9.20 Å². The molecule has 106 valence electrons. The maximum atomic E-state index is 11.8. The molecule has 20 heavy (non-hydrogen) atoms. The highest BCUT2D eigenvalue weighted by Gasteiger charge is 2.08. The van der Waals surface area contributed by atoms with E-state index in [0.29, 0.717) is 10.8 Å². The minimum Gasteiger partial charge on any atom is -0.353 e. The number of carbonyl (C=O) groups is 1. The zero-order valence-corrected chi connectivity index (χ0v) is 12.4. The number of nitrogens with one attached hydrogen (secondary N) is 1. The molecule has 1 N–H and O–H groups in total. The first-order valence-electron chi connectivity index (χ1n) is 6.25. The zero-order valence-electron chi connectivity index (χ0n) is 11.6. The lowest BCUT2D eigenvalue weighted by Crippen LogP contribution is -2.31. The maximum Gasteiger partial charge on any atom is 0.355 e. The number of carbonyl (C=O) groups excluding carboxylic acids is 1. The highest BCUT2D eigenvalue weighted by atomic mass is 32.2. The van der Waals surface area contributed by atoms with Gasteiger partial charge in [0, 0.05) is 12.2 Å². The van der Waals surface area contributed by atoms with Crippen LogP contribution in [0.5, 0.6) is 0 Å². The minimum atomic E-state index is -0.387. The Morgan fingerprint density at radius 1 is 1.45 bits per heavy atom. The Kier molecular flexibility index (Phi) is 4.39. The van der Waals surface area contributed by atoms with Crippen molar-refractivity contribution in [3.05, 3.63) is 34.4 Å². The van der Waals surface area contributed by atoms with Crippen molar-refractivity contribution in [3.8, 4) is 0 Å². The molecule has 0 fully saturated rings. The average molecular weight is 292 g/mol. The fourth-order valence-electron chi connectivity index (χ4n) is 1.65. The molecule has 0 saturated heterocycles. The Morgan fingerprint density at radius 2 is 2.20 bits per heavy atom. The van der Waals surface area contributed by atoms with E-state index in [1.165, 1.54) is 4.40 Å². The van der Waals surface area contributed by atoms with Crippen molar-refractivity contribution in [2.45, 2.75) is 32.0 Å². The van der Waals surface area contributed by atoms with E-state index in [0.717, 1.165) is 17.3 Å². The van der Waals surface area contributed by atoms with Crippen LogP contribution < -0.4 is 11.0 Å². The molecule has 0 spiro atoms. The van der Waals surface area contributed by atoms with Crippen LogP contribution in [0.3, 0.4) is 0 Å². The van der Waals surface area contributed by atoms with Gasteiger partial charge in [0.15, 0.2) is 5.16 Å². The van der Waals surface area contributed by atoms with Crippen LogP contribution in [-0.4, -0.2) is 32.1 Å². The van der Waals surface area contributed by atoms with Gasteiger partial charge in [-0.25, -0.2) is 9.78 Å². The molecular weight excluding hydrogens is 276 g/mol. The smallest absolute Gasteiger partial charge is 0.353 e. The number of aryl methyl sites for hydroxylation is 1. The first kappa shape index (κ1) is 14.5. The topological polar surface area (TPSA) is 76.4 Å². The second-order valence-corrected chi connectivity index (χ2v) is 5.67. The lowest BCUT2D eigenvalue weighted by Gasteiger charge is -2.07. The molecule has 0 bridgehead atoms. The number of hydrogen-bond donors (Lipinski definition) is 1. The third-order valence-electron chi connectivity index (χ3n) is 2.48. The van der Waals surface area contributed by atoms with Crippen LogP contribution in [-0.2, 0) is 4.79 Å². The molecule has 0 radical (unpaired) electrons. The first-order valence-corrected chi connectivity index (χ1v) is 7.23. The molecule has 2 heterocycles. The molecule has 0 unspecified atom stereocenters. The van der Waals surface area contributed by atoms with Crippen molar-refractivity contribution < 1.29 is 4.79 Å². The van der Waals surface area contributed by atoms with Gasteiger partial charge in [0.2, 0.25) is 5.91 Å². The summed E-state index contributed by atoms with van der Waals surface area (Å²) < 4.78 is 1.38. The lowest BCUT2D eigenvalue weighted by atomic mass is 10.3. The van der Waals surface area contributed by atoms with Gasteiger partial charge in [-0.2, -0.15) is 4.98 Å². The Hall–Kier alpha value is -1.89.